The highest BCUT2D eigenvalue weighted by Gasteiger charge is 2.32. The van der Waals surface area contributed by atoms with Crippen LogP contribution in [0.15, 0.2) is 12.1 Å². The second-order valence-corrected chi connectivity index (χ2v) is 2.83. The summed E-state index contributed by atoms with van der Waals surface area (Å²) in [6.45, 7) is 1.64. The monoisotopic (exact) mass is 178 g/mol. The summed E-state index contributed by atoms with van der Waals surface area (Å²) < 4.78 is 4.33. The van der Waals surface area contributed by atoms with Crippen LogP contribution in [0.4, 0.5) is 0 Å². The second-order valence-electron chi connectivity index (χ2n) is 2.83. The summed E-state index contributed by atoms with van der Waals surface area (Å²) in [7, 11) is 0. The predicted octanol–water partition coefficient (Wildman–Crippen LogP) is 1.01. The molecule has 0 saturated carbocycles. The molecule has 1 heterocycles. The van der Waals surface area contributed by atoms with Crippen LogP contribution in [0.1, 0.15) is 26.3 Å². The van der Waals surface area contributed by atoms with Gasteiger partial charge in [-0.1, -0.05) is 6.07 Å². The Bertz CT molecular complexity index is 420. The van der Waals surface area contributed by atoms with Gasteiger partial charge in [-0.15, -0.1) is 0 Å². The molecule has 0 aliphatic carbocycles. The quantitative estimate of drug-likeness (QED) is 0.475. The van der Waals surface area contributed by atoms with Crippen LogP contribution in [-0.4, -0.2) is 17.0 Å². The molecule has 1 aromatic carbocycles. The number of esters is 2. The summed E-state index contributed by atoms with van der Waals surface area (Å²) >= 11 is 0. The topological polar surface area (TPSA) is 63.6 Å². The van der Waals surface area contributed by atoms with Crippen molar-refractivity contribution in [3.05, 3.63) is 28.8 Å². The van der Waals surface area contributed by atoms with E-state index < -0.39 is 11.9 Å². The van der Waals surface area contributed by atoms with Gasteiger partial charge in [-0.25, -0.2) is 9.59 Å². The summed E-state index contributed by atoms with van der Waals surface area (Å²) in [6.07, 6.45) is 0. The Hall–Kier alpha value is -1.84. The number of hydrogen-bond donors (Lipinski definition) is 1. The standard InChI is InChI=1S/C9H6O4/c1-4-2-3-5-6(7(4)10)9(12)13-8(5)11/h2-3,10H,1H3. The highest BCUT2D eigenvalue weighted by Crippen LogP contribution is 2.30. The molecule has 1 N–H and O–H groups in total. The Morgan fingerprint density at radius 1 is 1.23 bits per heavy atom. The third kappa shape index (κ3) is 0.917. The van der Waals surface area contributed by atoms with Crippen LogP contribution in [0.5, 0.6) is 5.75 Å². The van der Waals surface area contributed by atoms with Crippen molar-refractivity contribution < 1.29 is 19.4 Å². The second kappa shape index (κ2) is 2.32. The van der Waals surface area contributed by atoms with E-state index >= 15 is 0 Å². The van der Waals surface area contributed by atoms with E-state index in [1.165, 1.54) is 6.07 Å². The van der Waals surface area contributed by atoms with Crippen LogP contribution in [0.25, 0.3) is 0 Å². The first-order valence-electron chi connectivity index (χ1n) is 3.70. The van der Waals surface area contributed by atoms with Crippen molar-refractivity contribution in [2.24, 2.45) is 0 Å². The molecular formula is C9H6O4. The van der Waals surface area contributed by atoms with Gasteiger partial charge in [0.15, 0.2) is 0 Å². The highest BCUT2D eigenvalue weighted by molar-refractivity contribution is 6.16. The summed E-state index contributed by atoms with van der Waals surface area (Å²) in [4.78, 5) is 22.0. The lowest BCUT2D eigenvalue weighted by molar-refractivity contribution is 0.0443. The van der Waals surface area contributed by atoms with Crippen molar-refractivity contribution >= 4 is 11.9 Å². The lowest BCUT2D eigenvalue weighted by atomic mass is 10.1. The minimum Gasteiger partial charge on any atom is -0.507 e. The number of aryl methyl sites for hydroxylation is 1. The lowest BCUT2D eigenvalue weighted by Gasteiger charge is -1.99. The minimum atomic E-state index is -0.777. The van der Waals surface area contributed by atoms with Gasteiger partial charge in [-0.2, -0.15) is 0 Å². The average molecular weight is 178 g/mol. The SMILES string of the molecule is Cc1ccc2c(c1O)C(=O)OC2=O. The van der Waals surface area contributed by atoms with Crippen molar-refractivity contribution in [2.75, 3.05) is 0 Å². The van der Waals surface area contributed by atoms with Gasteiger partial charge in [0.1, 0.15) is 11.3 Å². The molecule has 1 aliphatic rings. The van der Waals surface area contributed by atoms with Crippen LogP contribution >= 0.6 is 0 Å². The maximum Gasteiger partial charge on any atom is 0.350 e. The van der Waals surface area contributed by atoms with Gasteiger partial charge in [-0.05, 0) is 18.6 Å². The van der Waals surface area contributed by atoms with Crippen molar-refractivity contribution in [1.82, 2.24) is 0 Å². The first-order valence-corrected chi connectivity index (χ1v) is 3.70. The van der Waals surface area contributed by atoms with Gasteiger partial charge in [0, 0.05) is 0 Å². The van der Waals surface area contributed by atoms with Crippen LogP contribution in [0.3, 0.4) is 0 Å². The molecule has 4 nitrogen and oxygen atoms in total. The maximum absolute atomic E-state index is 11.0. The molecule has 0 unspecified atom stereocenters. The summed E-state index contributed by atoms with van der Waals surface area (Å²) in [5.41, 5.74) is 0.656. The van der Waals surface area contributed by atoms with E-state index in [9.17, 15) is 14.7 Å². The molecule has 0 saturated heterocycles. The molecule has 0 amide bonds. The third-order valence-corrected chi connectivity index (χ3v) is 1.99. The van der Waals surface area contributed by atoms with E-state index in [-0.39, 0.29) is 16.9 Å². The van der Waals surface area contributed by atoms with E-state index in [2.05, 4.69) is 4.74 Å². The Kier molecular flexibility index (Phi) is 1.39. The molecule has 1 aromatic rings. The van der Waals surface area contributed by atoms with Crippen molar-refractivity contribution in [3.63, 3.8) is 0 Å². The number of carbonyl (C=O) groups excluding carboxylic acids is 2. The predicted molar refractivity (Wildman–Crippen MR) is 42.6 cm³/mol. The van der Waals surface area contributed by atoms with E-state index in [4.69, 9.17) is 0 Å². The number of cyclic esters (lactones) is 2. The van der Waals surface area contributed by atoms with Gasteiger partial charge in [-0.3, -0.25) is 0 Å². The first kappa shape index (κ1) is 7.79. The average Bonchev–Trinajstić information content (AvgIpc) is 2.35. The van der Waals surface area contributed by atoms with Crippen LogP contribution < -0.4 is 0 Å². The Morgan fingerprint density at radius 2 is 1.92 bits per heavy atom. The largest absolute Gasteiger partial charge is 0.507 e. The Balaban J connectivity index is 2.78. The molecule has 2 rings (SSSR count). The maximum atomic E-state index is 11.0. The van der Waals surface area contributed by atoms with Gasteiger partial charge in [0.05, 0.1) is 5.56 Å². The van der Waals surface area contributed by atoms with Crippen LogP contribution in [-0.2, 0) is 4.74 Å². The number of phenols is 1. The fraction of sp³-hybridized carbons (Fsp3) is 0.111. The van der Waals surface area contributed by atoms with Gasteiger partial charge >= 0.3 is 11.9 Å². The van der Waals surface area contributed by atoms with Crippen molar-refractivity contribution in [2.45, 2.75) is 6.92 Å². The number of ether oxygens (including phenoxy) is 1. The fourth-order valence-electron chi connectivity index (χ4n) is 1.26. The van der Waals surface area contributed by atoms with E-state index in [1.807, 2.05) is 0 Å². The normalized spacial score (nSPS) is 14.2. The smallest absolute Gasteiger partial charge is 0.350 e. The fourth-order valence-corrected chi connectivity index (χ4v) is 1.26. The van der Waals surface area contributed by atoms with Gasteiger partial charge in [0.25, 0.3) is 0 Å². The molecule has 0 bridgehead atoms. The Labute approximate surface area is 73.8 Å². The van der Waals surface area contributed by atoms with E-state index in [1.54, 1.807) is 13.0 Å². The van der Waals surface area contributed by atoms with Crippen molar-refractivity contribution in [3.8, 4) is 5.75 Å². The zero-order valence-electron chi connectivity index (χ0n) is 6.83. The molecule has 1 aliphatic heterocycles. The van der Waals surface area contributed by atoms with Gasteiger partial charge < -0.3 is 9.84 Å². The summed E-state index contributed by atoms with van der Waals surface area (Å²) in [6, 6.07) is 3.03. The lowest BCUT2D eigenvalue weighted by Crippen LogP contribution is -1.97. The zero-order valence-corrected chi connectivity index (χ0v) is 6.83. The number of rotatable bonds is 0. The van der Waals surface area contributed by atoms with Gasteiger partial charge in [0.2, 0.25) is 0 Å². The molecule has 0 spiro atoms. The number of fused-ring (bicyclic) bond motifs is 1. The molecule has 0 atom stereocenters. The third-order valence-electron chi connectivity index (χ3n) is 1.99. The molecular weight excluding hydrogens is 172 g/mol. The van der Waals surface area contributed by atoms with Crippen LogP contribution in [0, 0.1) is 6.92 Å². The Morgan fingerprint density at radius 3 is 2.62 bits per heavy atom. The molecule has 0 aromatic heterocycles. The van der Waals surface area contributed by atoms with E-state index in [0.29, 0.717) is 5.56 Å². The first-order chi connectivity index (χ1) is 6.11. The highest BCUT2D eigenvalue weighted by atomic mass is 16.6. The number of phenolic OH excluding ortho intramolecular Hbond substituents is 1. The van der Waals surface area contributed by atoms with Crippen LogP contribution in [0.2, 0.25) is 0 Å². The molecule has 0 radical (unpaired) electrons. The number of benzene rings is 1. The number of hydrogen-bond acceptors (Lipinski definition) is 4. The van der Waals surface area contributed by atoms with Crippen molar-refractivity contribution in [1.29, 1.82) is 0 Å². The molecule has 0 fully saturated rings. The number of carbonyl (C=O) groups is 2. The summed E-state index contributed by atoms with van der Waals surface area (Å²) in [5, 5.41) is 9.45. The van der Waals surface area contributed by atoms with E-state index in [0.717, 1.165) is 0 Å². The molecule has 4 heteroatoms. The minimum absolute atomic E-state index is 0.0231. The molecule has 13 heavy (non-hydrogen) atoms. The zero-order chi connectivity index (χ0) is 9.59. The summed E-state index contributed by atoms with van der Waals surface area (Å²) in [5.74, 6) is -1.65. The molecule has 66 valence electrons. The number of aromatic hydroxyl groups is 1.